The van der Waals surface area contributed by atoms with E-state index in [2.05, 4.69) is 10.9 Å². The van der Waals surface area contributed by atoms with Gasteiger partial charge in [-0.3, -0.25) is 19.2 Å². The van der Waals surface area contributed by atoms with Crippen LogP contribution in [0.2, 0.25) is 0 Å². The molecule has 33 heavy (non-hydrogen) atoms. The molecule has 0 aromatic heterocycles. The first-order valence-corrected chi connectivity index (χ1v) is 10.6. The number of carbonyl (C=O) groups excluding carboxylic acids is 4. The molecular weight excluding hydrogens is 438 g/mol. The minimum absolute atomic E-state index is 0.00142. The third-order valence-electron chi connectivity index (χ3n) is 4.43. The van der Waals surface area contributed by atoms with Gasteiger partial charge < -0.3 is 45.2 Å². The summed E-state index contributed by atoms with van der Waals surface area (Å²) in [6, 6.07) is -3.67. The number of aliphatic hydroxyl groups is 1. The SMILES string of the molecule is NCCCC[C@H](N)C(=O)N(NC(=O)CC(O)CN)N(NC(=O)[C@@H](N)CN)C(=O)[C@@H](N)CCN. The summed E-state index contributed by atoms with van der Waals surface area (Å²) in [6.07, 6.45) is -0.483. The topological polar surface area (TPSA) is 301 Å². The predicted octanol–water partition coefficient (Wildman–Crippen LogP) is -6.25. The fraction of sp³-hybridized carbons (Fsp3) is 0.765. The van der Waals surface area contributed by atoms with Crippen LogP contribution in [0.25, 0.3) is 0 Å². The third-order valence-corrected chi connectivity index (χ3v) is 4.43. The average Bonchev–Trinajstić information content (AvgIpc) is 2.79. The summed E-state index contributed by atoms with van der Waals surface area (Å²) < 4.78 is 0. The molecular formula is C17H39N11O5. The number of rotatable bonds is 13. The number of aliphatic hydroxyl groups excluding tert-OH is 1. The number of nitrogens with zero attached hydrogens (tertiary/aromatic N) is 2. The van der Waals surface area contributed by atoms with Gasteiger partial charge in [0.15, 0.2) is 0 Å². The monoisotopic (exact) mass is 477 g/mol. The van der Waals surface area contributed by atoms with Crippen molar-refractivity contribution in [2.24, 2.45) is 40.1 Å². The van der Waals surface area contributed by atoms with Gasteiger partial charge >= 0.3 is 0 Å². The van der Waals surface area contributed by atoms with Crippen molar-refractivity contribution in [3.8, 4) is 0 Å². The van der Waals surface area contributed by atoms with Gasteiger partial charge in [0, 0.05) is 13.1 Å². The van der Waals surface area contributed by atoms with Gasteiger partial charge in [0.05, 0.1) is 30.7 Å². The van der Waals surface area contributed by atoms with Crippen molar-refractivity contribution in [2.45, 2.75) is 56.3 Å². The standard InChI is InChI=1S/C17H39N11O5/c18-5-2-1-3-11(22)16(32)27(25-14(30)7-10(29)8-20)28(17(33)12(23)4-6-19)26-15(31)13(24)9-21/h10-13,29H,1-9,18-24H2,(H,25,30)(H,26,31)/t10?,11-,12-,13-/m0/s1. The largest absolute Gasteiger partial charge is 0.391 e. The van der Waals surface area contributed by atoms with Crippen molar-refractivity contribution < 1.29 is 24.3 Å². The Morgan fingerprint density at radius 2 is 1.27 bits per heavy atom. The number of unbranched alkanes of at least 4 members (excludes halogenated alkanes) is 1. The Bertz CT molecular complexity index is 638. The molecule has 192 valence electrons. The lowest BCUT2D eigenvalue weighted by atomic mass is 10.1. The van der Waals surface area contributed by atoms with Crippen molar-refractivity contribution >= 4 is 23.6 Å². The van der Waals surface area contributed by atoms with E-state index in [1.165, 1.54) is 0 Å². The minimum Gasteiger partial charge on any atom is -0.391 e. The second kappa shape index (κ2) is 16.2. The van der Waals surface area contributed by atoms with Gasteiger partial charge in [0.25, 0.3) is 17.7 Å². The Kier molecular flexibility index (Phi) is 15.0. The molecule has 0 bridgehead atoms. The Labute approximate surface area is 192 Å². The second-order valence-electron chi connectivity index (χ2n) is 7.32. The number of hydrogen-bond donors (Lipinski definition) is 10. The van der Waals surface area contributed by atoms with Gasteiger partial charge in [0.2, 0.25) is 5.91 Å². The van der Waals surface area contributed by atoms with E-state index in [-0.39, 0.29) is 32.5 Å². The Morgan fingerprint density at radius 1 is 0.727 bits per heavy atom. The van der Waals surface area contributed by atoms with Crippen LogP contribution in [-0.4, -0.2) is 89.4 Å². The summed E-state index contributed by atoms with van der Waals surface area (Å²) in [6.45, 7) is -0.0983. The molecule has 4 atom stereocenters. The van der Waals surface area contributed by atoms with Crippen molar-refractivity contribution in [1.82, 2.24) is 21.1 Å². The minimum atomic E-state index is -1.25. The quantitative estimate of drug-likeness (QED) is 0.0874. The van der Waals surface area contributed by atoms with Crippen LogP contribution >= 0.6 is 0 Å². The summed E-state index contributed by atoms with van der Waals surface area (Å²) in [5.74, 6) is -3.76. The van der Waals surface area contributed by atoms with Crippen LogP contribution in [0.5, 0.6) is 0 Å². The second-order valence-corrected chi connectivity index (χ2v) is 7.32. The lowest BCUT2D eigenvalue weighted by Crippen LogP contribution is -2.70. The predicted molar refractivity (Wildman–Crippen MR) is 119 cm³/mol. The van der Waals surface area contributed by atoms with E-state index in [0.717, 1.165) is 0 Å². The number of hydrogen-bond acceptors (Lipinski definition) is 12. The highest BCUT2D eigenvalue weighted by Crippen LogP contribution is 2.07. The summed E-state index contributed by atoms with van der Waals surface area (Å²) in [4.78, 5) is 50.8. The highest BCUT2D eigenvalue weighted by atomic mass is 16.3. The fourth-order valence-corrected chi connectivity index (χ4v) is 2.41. The zero-order valence-corrected chi connectivity index (χ0v) is 18.7. The molecule has 0 radical (unpaired) electrons. The lowest BCUT2D eigenvalue weighted by molar-refractivity contribution is -0.187. The first-order valence-electron chi connectivity index (χ1n) is 10.6. The van der Waals surface area contributed by atoms with E-state index < -0.39 is 54.3 Å². The van der Waals surface area contributed by atoms with E-state index in [4.69, 9.17) is 40.1 Å². The molecule has 0 aromatic carbocycles. The first-order chi connectivity index (χ1) is 15.5. The Morgan fingerprint density at radius 3 is 1.76 bits per heavy atom. The van der Waals surface area contributed by atoms with Crippen LogP contribution in [0.1, 0.15) is 32.1 Å². The highest BCUT2D eigenvalue weighted by molar-refractivity contribution is 5.91. The molecule has 0 aliphatic rings. The summed E-state index contributed by atoms with van der Waals surface area (Å²) in [5, 5.41) is 10.5. The van der Waals surface area contributed by atoms with Gasteiger partial charge in [0.1, 0.15) is 0 Å². The lowest BCUT2D eigenvalue weighted by Gasteiger charge is -2.37. The maximum absolute atomic E-state index is 13.1. The third kappa shape index (κ3) is 10.8. The Balaban J connectivity index is 6.06. The summed E-state index contributed by atoms with van der Waals surface area (Å²) >= 11 is 0. The molecule has 16 nitrogen and oxygen atoms in total. The van der Waals surface area contributed by atoms with Gasteiger partial charge in [-0.05, 0) is 32.4 Å². The maximum Gasteiger partial charge on any atom is 0.279 e. The van der Waals surface area contributed by atoms with Crippen LogP contribution in [-0.2, 0) is 19.2 Å². The molecule has 0 spiro atoms. The van der Waals surface area contributed by atoms with E-state index in [0.29, 0.717) is 29.6 Å². The van der Waals surface area contributed by atoms with Gasteiger partial charge in [-0.25, -0.2) is 10.9 Å². The summed E-state index contributed by atoms with van der Waals surface area (Å²) in [7, 11) is 0. The number of hydrazine groups is 3. The van der Waals surface area contributed by atoms with Crippen LogP contribution in [0.15, 0.2) is 0 Å². The maximum atomic E-state index is 13.1. The molecule has 0 aliphatic heterocycles. The molecule has 16 heteroatoms. The fourth-order valence-electron chi connectivity index (χ4n) is 2.41. The van der Waals surface area contributed by atoms with Crippen molar-refractivity contribution in [3.05, 3.63) is 0 Å². The van der Waals surface area contributed by atoms with E-state index in [1.807, 2.05) is 0 Å². The number of carbonyl (C=O) groups is 4. The van der Waals surface area contributed by atoms with Gasteiger partial charge in [-0.15, -0.1) is 10.2 Å². The van der Waals surface area contributed by atoms with Gasteiger partial charge in [-0.2, -0.15) is 0 Å². The molecule has 0 saturated carbocycles. The van der Waals surface area contributed by atoms with Crippen LogP contribution in [0, 0.1) is 0 Å². The zero-order valence-electron chi connectivity index (χ0n) is 18.7. The molecule has 0 heterocycles. The van der Waals surface area contributed by atoms with Gasteiger partial charge in [-0.1, -0.05) is 6.42 Å². The number of nitrogens with two attached hydrogens (primary N) is 7. The van der Waals surface area contributed by atoms with E-state index >= 15 is 0 Å². The molecule has 4 amide bonds. The van der Waals surface area contributed by atoms with Crippen molar-refractivity contribution in [3.63, 3.8) is 0 Å². The molecule has 0 rings (SSSR count). The molecule has 17 N–H and O–H groups in total. The van der Waals surface area contributed by atoms with E-state index in [1.54, 1.807) is 0 Å². The average molecular weight is 478 g/mol. The number of amides is 4. The smallest absolute Gasteiger partial charge is 0.279 e. The van der Waals surface area contributed by atoms with Crippen molar-refractivity contribution in [1.29, 1.82) is 0 Å². The molecule has 0 aliphatic carbocycles. The molecule has 1 unspecified atom stereocenters. The highest BCUT2D eigenvalue weighted by Gasteiger charge is 2.35. The van der Waals surface area contributed by atoms with Crippen LogP contribution < -0.4 is 51.0 Å². The normalized spacial score (nSPS) is 14.5. The molecule has 0 fully saturated rings. The molecule has 0 saturated heterocycles. The van der Waals surface area contributed by atoms with E-state index in [9.17, 15) is 24.3 Å². The molecule has 0 aromatic rings. The Hall–Kier alpha value is -2.44. The van der Waals surface area contributed by atoms with Crippen LogP contribution in [0.4, 0.5) is 0 Å². The number of nitrogens with one attached hydrogen (secondary N) is 2. The van der Waals surface area contributed by atoms with Crippen molar-refractivity contribution in [2.75, 3.05) is 26.2 Å². The first kappa shape index (κ1) is 30.6. The zero-order chi connectivity index (χ0) is 25.6. The summed E-state index contributed by atoms with van der Waals surface area (Å²) in [5.41, 5.74) is 43.2. The van der Waals surface area contributed by atoms with Crippen LogP contribution in [0.3, 0.4) is 0 Å².